The van der Waals surface area contributed by atoms with Gasteiger partial charge in [0.05, 0.1) is 5.75 Å². The van der Waals surface area contributed by atoms with Crippen LogP contribution in [0, 0.1) is 5.92 Å². The first-order chi connectivity index (χ1) is 9.98. The second kappa shape index (κ2) is 11.4. The monoisotopic (exact) mass is 446 g/mol. The van der Waals surface area contributed by atoms with E-state index in [9.17, 15) is 8.42 Å². The molecule has 1 saturated heterocycles. The Kier molecular flexibility index (Phi) is 11.4. The summed E-state index contributed by atoms with van der Waals surface area (Å²) in [4.78, 5) is 6.91. The Morgan fingerprint density at radius 3 is 2.45 bits per heavy atom. The average molecular weight is 446 g/mol. The highest BCUT2D eigenvalue weighted by Gasteiger charge is 2.18. The van der Waals surface area contributed by atoms with Gasteiger partial charge in [-0.25, -0.2) is 13.1 Å². The first-order valence-corrected chi connectivity index (χ1v) is 9.64. The number of nitrogens with one attached hydrogen (secondary N) is 2. The largest absolute Gasteiger partial charge is 0.357 e. The molecule has 0 radical (unpaired) electrons. The number of piperidine rings is 1. The smallest absolute Gasteiger partial charge is 0.211 e. The predicted molar refractivity (Wildman–Crippen MR) is 103 cm³/mol. The minimum absolute atomic E-state index is 0. The molecular weight excluding hydrogens is 415 g/mol. The van der Waals surface area contributed by atoms with Crippen LogP contribution in [0.3, 0.4) is 0 Å². The summed E-state index contributed by atoms with van der Waals surface area (Å²) in [5, 5.41) is 3.32. The Bertz CT molecular complexity index is 421. The van der Waals surface area contributed by atoms with Crippen LogP contribution in [0.1, 0.15) is 40.0 Å². The first-order valence-electron chi connectivity index (χ1n) is 7.99. The molecule has 0 aliphatic carbocycles. The zero-order valence-corrected chi connectivity index (χ0v) is 17.1. The van der Waals surface area contributed by atoms with E-state index >= 15 is 0 Å². The SMILES string of the molecule is CCNC(=NCCCNS(=O)(=O)CC)N1CCC(C)CC1.I. The van der Waals surface area contributed by atoms with Gasteiger partial charge >= 0.3 is 0 Å². The number of hydrogen-bond donors (Lipinski definition) is 2. The lowest BCUT2D eigenvalue weighted by atomic mass is 10.00. The van der Waals surface area contributed by atoms with E-state index in [-0.39, 0.29) is 29.7 Å². The van der Waals surface area contributed by atoms with E-state index in [0.717, 1.165) is 37.9 Å². The van der Waals surface area contributed by atoms with Crippen molar-refractivity contribution in [1.82, 2.24) is 14.9 Å². The van der Waals surface area contributed by atoms with E-state index < -0.39 is 10.0 Å². The van der Waals surface area contributed by atoms with E-state index in [1.807, 2.05) is 0 Å². The summed E-state index contributed by atoms with van der Waals surface area (Å²) in [5.74, 6) is 1.89. The van der Waals surface area contributed by atoms with Gasteiger partial charge in [0.15, 0.2) is 5.96 Å². The van der Waals surface area contributed by atoms with E-state index in [0.29, 0.717) is 13.1 Å². The third kappa shape index (κ3) is 8.52. The average Bonchev–Trinajstić information content (AvgIpc) is 2.47. The van der Waals surface area contributed by atoms with Crippen molar-refractivity contribution in [2.45, 2.75) is 40.0 Å². The maximum Gasteiger partial charge on any atom is 0.211 e. The van der Waals surface area contributed by atoms with Gasteiger partial charge in [-0.05, 0) is 39.0 Å². The lowest BCUT2D eigenvalue weighted by molar-refractivity contribution is 0.273. The molecule has 1 rings (SSSR count). The Hall–Kier alpha value is -0.0900. The van der Waals surface area contributed by atoms with Crippen molar-refractivity contribution in [3.63, 3.8) is 0 Å². The molecule has 1 fully saturated rings. The summed E-state index contributed by atoms with van der Waals surface area (Å²) in [6, 6.07) is 0. The Balaban J connectivity index is 0.00000441. The van der Waals surface area contributed by atoms with Crippen molar-refractivity contribution in [3.8, 4) is 0 Å². The first kappa shape index (κ1) is 21.9. The zero-order valence-electron chi connectivity index (χ0n) is 14.0. The van der Waals surface area contributed by atoms with Gasteiger partial charge < -0.3 is 10.2 Å². The summed E-state index contributed by atoms with van der Waals surface area (Å²) >= 11 is 0. The number of guanidine groups is 1. The molecule has 0 bridgehead atoms. The van der Waals surface area contributed by atoms with Crippen LogP contribution in [-0.2, 0) is 10.0 Å². The molecule has 1 aliphatic heterocycles. The molecular formula is C14H31IN4O2S. The molecule has 2 N–H and O–H groups in total. The van der Waals surface area contributed by atoms with Gasteiger partial charge in [-0.3, -0.25) is 4.99 Å². The predicted octanol–water partition coefficient (Wildman–Crippen LogP) is 1.63. The fraction of sp³-hybridized carbons (Fsp3) is 0.929. The van der Waals surface area contributed by atoms with Gasteiger partial charge in [0.25, 0.3) is 0 Å². The quantitative estimate of drug-likeness (QED) is 0.270. The molecule has 0 aromatic rings. The maximum atomic E-state index is 11.3. The van der Waals surface area contributed by atoms with Gasteiger partial charge in [-0.1, -0.05) is 6.92 Å². The molecule has 1 aliphatic rings. The molecule has 0 spiro atoms. The van der Waals surface area contributed by atoms with E-state index in [4.69, 9.17) is 0 Å². The Morgan fingerprint density at radius 2 is 1.91 bits per heavy atom. The zero-order chi connectivity index (χ0) is 15.7. The topological polar surface area (TPSA) is 73.8 Å². The van der Waals surface area contributed by atoms with Crippen LogP contribution in [0.4, 0.5) is 0 Å². The number of aliphatic imine (C=N–C) groups is 1. The van der Waals surface area contributed by atoms with Crippen molar-refractivity contribution in [2.75, 3.05) is 38.5 Å². The Morgan fingerprint density at radius 1 is 1.27 bits per heavy atom. The Labute approximate surface area is 152 Å². The van der Waals surface area contributed by atoms with Crippen molar-refractivity contribution in [3.05, 3.63) is 0 Å². The van der Waals surface area contributed by atoms with Gasteiger partial charge in [0.2, 0.25) is 10.0 Å². The number of nitrogens with zero attached hydrogens (tertiary/aromatic N) is 2. The van der Waals surface area contributed by atoms with Gasteiger partial charge in [0, 0.05) is 32.7 Å². The number of rotatable bonds is 7. The molecule has 0 saturated carbocycles. The standard InChI is InChI=1S/C14H30N4O2S.HI/c1-4-15-14(18-11-7-13(3)8-12-18)16-9-6-10-17-21(19,20)5-2;/h13,17H,4-12H2,1-3H3,(H,15,16);1H. The minimum Gasteiger partial charge on any atom is -0.357 e. The van der Waals surface area contributed by atoms with Crippen LogP contribution in [0.15, 0.2) is 4.99 Å². The van der Waals surface area contributed by atoms with Crippen molar-refractivity contribution in [2.24, 2.45) is 10.9 Å². The second-order valence-corrected chi connectivity index (χ2v) is 7.65. The highest BCUT2D eigenvalue weighted by molar-refractivity contribution is 14.0. The molecule has 1 heterocycles. The van der Waals surface area contributed by atoms with Crippen molar-refractivity contribution in [1.29, 1.82) is 0 Å². The summed E-state index contributed by atoms with van der Waals surface area (Å²) in [5.41, 5.74) is 0. The van der Waals surface area contributed by atoms with E-state index in [2.05, 4.69) is 33.8 Å². The summed E-state index contributed by atoms with van der Waals surface area (Å²) in [6.45, 7) is 10.1. The van der Waals surface area contributed by atoms with E-state index in [1.54, 1.807) is 6.92 Å². The number of halogens is 1. The van der Waals surface area contributed by atoms with Gasteiger partial charge in [-0.15, -0.1) is 24.0 Å². The number of likely N-dealkylation sites (tertiary alicyclic amines) is 1. The molecule has 0 unspecified atom stereocenters. The summed E-state index contributed by atoms with van der Waals surface area (Å²) in [7, 11) is -3.08. The van der Waals surface area contributed by atoms with Crippen LogP contribution in [0.5, 0.6) is 0 Å². The minimum atomic E-state index is -3.08. The van der Waals surface area contributed by atoms with Gasteiger partial charge in [-0.2, -0.15) is 0 Å². The molecule has 6 nitrogen and oxygen atoms in total. The van der Waals surface area contributed by atoms with Crippen molar-refractivity contribution < 1.29 is 8.42 Å². The van der Waals surface area contributed by atoms with Crippen LogP contribution >= 0.6 is 24.0 Å². The lowest BCUT2D eigenvalue weighted by Crippen LogP contribution is -2.45. The molecule has 0 aromatic heterocycles. The summed E-state index contributed by atoms with van der Waals surface area (Å²) < 4.78 is 25.2. The molecule has 0 amide bonds. The molecule has 132 valence electrons. The number of hydrogen-bond acceptors (Lipinski definition) is 3. The lowest BCUT2D eigenvalue weighted by Gasteiger charge is -2.33. The van der Waals surface area contributed by atoms with Gasteiger partial charge in [0.1, 0.15) is 0 Å². The fourth-order valence-corrected chi connectivity index (χ4v) is 2.90. The van der Waals surface area contributed by atoms with Crippen molar-refractivity contribution >= 4 is 40.0 Å². The molecule has 0 aromatic carbocycles. The van der Waals surface area contributed by atoms with Crippen LogP contribution < -0.4 is 10.0 Å². The normalized spacial score (nSPS) is 17.2. The maximum absolute atomic E-state index is 11.3. The van der Waals surface area contributed by atoms with Crippen LogP contribution in [-0.4, -0.2) is 57.8 Å². The van der Waals surface area contributed by atoms with Crippen LogP contribution in [0.2, 0.25) is 0 Å². The third-order valence-corrected chi connectivity index (χ3v) is 5.12. The summed E-state index contributed by atoms with van der Waals surface area (Å²) in [6.07, 6.45) is 3.14. The molecule has 22 heavy (non-hydrogen) atoms. The molecule has 8 heteroatoms. The second-order valence-electron chi connectivity index (χ2n) is 5.56. The highest BCUT2D eigenvalue weighted by Crippen LogP contribution is 2.15. The van der Waals surface area contributed by atoms with Crippen LogP contribution in [0.25, 0.3) is 0 Å². The van der Waals surface area contributed by atoms with E-state index in [1.165, 1.54) is 12.8 Å². The molecule has 0 atom stereocenters. The number of sulfonamides is 1. The third-order valence-electron chi connectivity index (χ3n) is 3.72. The highest BCUT2D eigenvalue weighted by atomic mass is 127. The fourth-order valence-electron chi connectivity index (χ4n) is 2.24.